The maximum absolute atomic E-state index is 12.8. The van der Waals surface area contributed by atoms with E-state index in [0.29, 0.717) is 22.8 Å². The Kier molecular flexibility index (Phi) is 6.74. The molecule has 7 heteroatoms. The van der Waals surface area contributed by atoms with Crippen LogP contribution < -0.4 is 19.5 Å². The Morgan fingerprint density at radius 1 is 1.10 bits per heavy atom. The lowest BCUT2D eigenvalue weighted by atomic mass is 10.0. The maximum Gasteiger partial charge on any atom is 0.252 e. The monoisotopic (exact) mass is 410 g/mol. The molecule has 1 amide bonds. The molecule has 2 N–H and O–H groups in total. The van der Waals surface area contributed by atoms with E-state index in [1.165, 1.54) is 14.2 Å². The molecule has 0 radical (unpaired) electrons. The van der Waals surface area contributed by atoms with E-state index in [1.54, 1.807) is 24.3 Å². The highest BCUT2D eigenvalue weighted by molar-refractivity contribution is 6.06. The van der Waals surface area contributed by atoms with Crippen molar-refractivity contribution in [1.82, 2.24) is 10.3 Å². The fourth-order valence-electron chi connectivity index (χ4n) is 3.16. The van der Waals surface area contributed by atoms with E-state index in [0.717, 1.165) is 22.2 Å². The van der Waals surface area contributed by atoms with Crippen LogP contribution in [0.15, 0.2) is 42.5 Å². The zero-order chi connectivity index (χ0) is 21.7. The van der Waals surface area contributed by atoms with Crippen LogP contribution in [0.25, 0.3) is 10.9 Å². The summed E-state index contributed by atoms with van der Waals surface area (Å²) >= 11 is 0. The van der Waals surface area contributed by atoms with Crippen molar-refractivity contribution in [2.45, 2.75) is 20.0 Å². The molecule has 30 heavy (non-hydrogen) atoms. The van der Waals surface area contributed by atoms with Gasteiger partial charge in [0.15, 0.2) is 11.5 Å². The average molecular weight is 410 g/mol. The number of aryl methyl sites for hydroxylation is 2. The van der Waals surface area contributed by atoms with Gasteiger partial charge in [-0.1, -0.05) is 17.7 Å². The number of aliphatic hydroxyl groups excluding tert-OH is 1. The normalized spacial score (nSPS) is 11.8. The third-order valence-electron chi connectivity index (χ3n) is 4.64. The fourth-order valence-corrected chi connectivity index (χ4v) is 3.16. The number of ether oxygens (including phenoxy) is 3. The van der Waals surface area contributed by atoms with E-state index in [-0.39, 0.29) is 19.1 Å². The molecule has 3 rings (SSSR count). The molecule has 0 aliphatic carbocycles. The van der Waals surface area contributed by atoms with Crippen molar-refractivity contribution in [3.63, 3.8) is 0 Å². The SMILES string of the molecule is COc1cccc(OC)c1OCC(O)CNC(=O)c1cc(C)nc2ccc(C)cc12. The van der Waals surface area contributed by atoms with E-state index >= 15 is 0 Å². The summed E-state index contributed by atoms with van der Waals surface area (Å²) in [5.74, 6) is 1.13. The topological polar surface area (TPSA) is 89.9 Å². The number of hydrogen-bond acceptors (Lipinski definition) is 6. The Morgan fingerprint density at radius 2 is 1.80 bits per heavy atom. The Hall–Kier alpha value is -3.32. The molecule has 0 aliphatic rings. The molecule has 0 spiro atoms. The van der Waals surface area contributed by atoms with Gasteiger partial charge in [0.05, 0.1) is 25.3 Å². The first-order valence-corrected chi connectivity index (χ1v) is 9.61. The summed E-state index contributed by atoms with van der Waals surface area (Å²) in [4.78, 5) is 17.2. The smallest absolute Gasteiger partial charge is 0.252 e. The third kappa shape index (κ3) is 4.80. The van der Waals surface area contributed by atoms with Gasteiger partial charge >= 0.3 is 0 Å². The van der Waals surface area contributed by atoms with Gasteiger partial charge in [0.25, 0.3) is 5.91 Å². The summed E-state index contributed by atoms with van der Waals surface area (Å²) in [5, 5.41) is 13.9. The number of nitrogens with zero attached hydrogens (tertiary/aromatic N) is 1. The highest BCUT2D eigenvalue weighted by Crippen LogP contribution is 2.36. The number of rotatable bonds is 8. The molecule has 0 bridgehead atoms. The molecule has 1 aromatic heterocycles. The number of carbonyl (C=O) groups is 1. The van der Waals surface area contributed by atoms with Crippen molar-refractivity contribution >= 4 is 16.8 Å². The minimum absolute atomic E-state index is 0.0327. The molecule has 1 unspecified atom stereocenters. The summed E-state index contributed by atoms with van der Waals surface area (Å²) in [7, 11) is 3.06. The summed E-state index contributed by atoms with van der Waals surface area (Å²) in [5.41, 5.74) is 3.09. The van der Waals surface area contributed by atoms with Gasteiger partial charge in [-0.15, -0.1) is 0 Å². The predicted molar refractivity (Wildman–Crippen MR) is 115 cm³/mol. The fraction of sp³-hybridized carbons (Fsp3) is 0.304. The van der Waals surface area contributed by atoms with Crippen LogP contribution in [0.3, 0.4) is 0 Å². The van der Waals surface area contributed by atoms with Crippen LogP contribution in [0, 0.1) is 13.8 Å². The lowest BCUT2D eigenvalue weighted by Gasteiger charge is -2.17. The first-order valence-electron chi connectivity index (χ1n) is 9.61. The van der Waals surface area contributed by atoms with Crippen molar-refractivity contribution < 1.29 is 24.1 Å². The maximum atomic E-state index is 12.8. The molecule has 0 saturated carbocycles. The summed E-state index contributed by atoms with van der Waals surface area (Å²) in [6.45, 7) is 3.81. The molecule has 7 nitrogen and oxygen atoms in total. The van der Waals surface area contributed by atoms with Crippen molar-refractivity contribution in [3.05, 3.63) is 59.3 Å². The number of methoxy groups -OCH3 is 2. The first kappa shape index (κ1) is 21.4. The lowest BCUT2D eigenvalue weighted by Crippen LogP contribution is -2.35. The van der Waals surface area contributed by atoms with Crippen LogP contribution in [0.1, 0.15) is 21.6 Å². The van der Waals surface area contributed by atoms with Crippen LogP contribution in [-0.2, 0) is 0 Å². The molecule has 158 valence electrons. The zero-order valence-corrected chi connectivity index (χ0v) is 17.6. The highest BCUT2D eigenvalue weighted by atomic mass is 16.5. The summed E-state index contributed by atoms with van der Waals surface area (Å²) in [6.07, 6.45) is -0.917. The second kappa shape index (κ2) is 9.45. The highest BCUT2D eigenvalue weighted by Gasteiger charge is 2.16. The molecule has 2 aromatic carbocycles. The van der Waals surface area contributed by atoms with E-state index in [1.807, 2.05) is 32.0 Å². The van der Waals surface area contributed by atoms with E-state index in [9.17, 15) is 9.90 Å². The van der Waals surface area contributed by atoms with E-state index in [4.69, 9.17) is 14.2 Å². The first-order chi connectivity index (χ1) is 14.4. The van der Waals surface area contributed by atoms with Crippen LogP contribution >= 0.6 is 0 Å². The average Bonchev–Trinajstić information content (AvgIpc) is 2.75. The number of nitrogens with one attached hydrogen (secondary N) is 1. The van der Waals surface area contributed by atoms with Gasteiger partial charge in [-0.3, -0.25) is 9.78 Å². The summed E-state index contributed by atoms with van der Waals surface area (Å²) < 4.78 is 16.2. The van der Waals surface area contributed by atoms with Crippen LogP contribution in [0.2, 0.25) is 0 Å². The minimum atomic E-state index is -0.917. The van der Waals surface area contributed by atoms with Gasteiger partial charge < -0.3 is 24.6 Å². The third-order valence-corrected chi connectivity index (χ3v) is 4.64. The molecule has 0 aliphatic heterocycles. The van der Waals surface area contributed by atoms with Crippen LogP contribution in [-0.4, -0.2) is 49.5 Å². The number of benzene rings is 2. The second-order valence-corrected chi connectivity index (χ2v) is 7.00. The number of hydrogen-bond donors (Lipinski definition) is 2. The predicted octanol–water partition coefficient (Wildman–Crippen LogP) is 3.04. The van der Waals surface area contributed by atoms with Crippen molar-refractivity contribution in [3.8, 4) is 17.2 Å². The van der Waals surface area contributed by atoms with Gasteiger partial charge in [-0.05, 0) is 44.2 Å². The number of amides is 1. The zero-order valence-electron chi connectivity index (χ0n) is 17.6. The number of pyridine rings is 1. The van der Waals surface area contributed by atoms with Gasteiger partial charge in [0.2, 0.25) is 5.75 Å². The molecule has 0 saturated heterocycles. The van der Waals surface area contributed by atoms with Crippen LogP contribution in [0.5, 0.6) is 17.2 Å². The van der Waals surface area contributed by atoms with Crippen molar-refractivity contribution in [2.24, 2.45) is 0 Å². The van der Waals surface area contributed by atoms with Crippen LogP contribution in [0.4, 0.5) is 0 Å². The Labute approximate surface area is 175 Å². The molecule has 3 aromatic rings. The lowest BCUT2D eigenvalue weighted by molar-refractivity contribution is 0.0835. The molecule has 1 heterocycles. The van der Waals surface area contributed by atoms with Gasteiger partial charge in [-0.2, -0.15) is 0 Å². The van der Waals surface area contributed by atoms with Crippen molar-refractivity contribution in [1.29, 1.82) is 0 Å². The van der Waals surface area contributed by atoms with Gasteiger partial charge in [0.1, 0.15) is 12.7 Å². The second-order valence-electron chi connectivity index (χ2n) is 7.00. The number of fused-ring (bicyclic) bond motifs is 1. The van der Waals surface area contributed by atoms with Gasteiger partial charge in [-0.25, -0.2) is 0 Å². The molecular weight excluding hydrogens is 384 g/mol. The Balaban J connectivity index is 1.66. The Bertz CT molecular complexity index is 1030. The largest absolute Gasteiger partial charge is 0.493 e. The van der Waals surface area contributed by atoms with Gasteiger partial charge in [0, 0.05) is 17.6 Å². The number of aliphatic hydroxyl groups is 1. The molecular formula is C23H26N2O5. The Morgan fingerprint density at radius 3 is 2.47 bits per heavy atom. The van der Waals surface area contributed by atoms with E-state index < -0.39 is 6.10 Å². The number of para-hydroxylation sites is 1. The number of carbonyl (C=O) groups excluding carboxylic acids is 1. The quantitative estimate of drug-likeness (QED) is 0.593. The minimum Gasteiger partial charge on any atom is -0.493 e. The standard InChI is InChI=1S/C23H26N2O5/c1-14-8-9-19-17(10-14)18(11-15(2)25-19)23(27)24-12-16(26)13-30-22-20(28-3)6-5-7-21(22)29-4/h5-11,16,26H,12-13H2,1-4H3,(H,24,27). The molecule has 0 fully saturated rings. The number of aromatic nitrogens is 1. The summed E-state index contributed by atoms with van der Waals surface area (Å²) in [6, 6.07) is 12.8. The van der Waals surface area contributed by atoms with E-state index in [2.05, 4.69) is 10.3 Å². The molecule has 1 atom stereocenters. The van der Waals surface area contributed by atoms with Crippen molar-refractivity contribution in [2.75, 3.05) is 27.4 Å².